The molecule has 2 rings (SSSR count). The molecule has 0 aromatic heterocycles. The molecule has 1 saturated heterocycles. The van der Waals surface area contributed by atoms with Crippen molar-refractivity contribution in [3.63, 3.8) is 0 Å². The van der Waals surface area contributed by atoms with E-state index in [9.17, 15) is 14.9 Å². The van der Waals surface area contributed by atoms with Crippen molar-refractivity contribution < 1.29 is 9.72 Å². The van der Waals surface area contributed by atoms with E-state index in [-0.39, 0.29) is 28.9 Å². The summed E-state index contributed by atoms with van der Waals surface area (Å²) in [7, 11) is 1.68. The molecule has 1 fully saturated rings. The number of hydrogen-bond acceptors (Lipinski definition) is 4. The van der Waals surface area contributed by atoms with Gasteiger partial charge < -0.3 is 4.90 Å². The van der Waals surface area contributed by atoms with Gasteiger partial charge >= 0.3 is 0 Å². The van der Waals surface area contributed by atoms with Gasteiger partial charge in [0.05, 0.1) is 11.5 Å². The molecule has 1 aromatic rings. The van der Waals surface area contributed by atoms with Gasteiger partial charge in [0.15, 0.2) is 5.11 Å². The van der Waals surface area contributed by atoms with Gasteiger partial charge in [-0.3, -0.25) is 14.9 Å². The highest BCUT2D eigenvalue weighted by molar-refractivity contribution is 7.80. The molecule has 0 N–H and O–H groups in total. The minimum atomic E-state index is -0.503. The van der Waals surface area contributed by atoms with Crippen LogP contribution >= 0.6 is 12.2 Å². The van der Waals surface area contributed by atoms with Gasteiger partial charge in [0.2, 0.25) is 0 Å². The van der Waals surface area contributed by atoms with E-state index >= 15 is 0 Å². The predicted molar refractivity (Wildman–Crippen MR) is 70.5 cm³/mol. The molecule has 0 atom stereocenters. The van der Waals surface area contributed by atoms with Crippen LogP contribution in [0.5, 0.6) is 0 Å². The van der Waals surface area contributed by atoms with Crippen LogP contribution in [-0.2, 0) is 4.79 Å². The summed E-state index contributed by atoms with van der Waals surface area (Å²) in [4.78, 5) is 25.2. The first-order chi connectivity index (χ1) is 8.41. The number of carbonyl (C=O) groups is 1. The number of thiocarbonyl (C=S) groups is 1. The van der Waals surface area contributed by atoms with Crippen molar-refractivity contribution in [3.05, 3.63) is 33.9 Å². The second-order valence-electron chi connectivity index (χ2n) is 4.12. The van der Waals surface area contributed by atoms with E-state index in [1.165, 1.54) is 11.0 Å². The molecule has 7 heteroatoms. The highest BCUT2D eigenvalue weighted by Gasteiger charge is 2.35. The lowest BCUT2D eigenvalue weighted by Gasteiger charge is -2.17. The maximum absolute atomic E-state index is 11.8. The molecule has 6 nitrogen and oxygen atoms in total. The van der Waals surface area contributed by atoms with Crippen LogP contribution in [0.25, 0.3) is 0 Å². The van der Waals surface area contributed by atoms with Gasteiger partial charge in [-0.2, -0.15) is 0 Å². The van der Waals surface area contributed by atoms with Gasteiger partial charge in [0.1, 0.15) is 5.69 Å². The molecule has 0 saturated carbocycles. The molecule has 0 bridgehead atoms. The first-order valence-corrected chi connectivity index (χ1v) is 5.65. The number of nitrogens with zero attached hydrogens (tertiary/aromatic N) is 3. The van der Waals surface area contributed by atoms with Crippen molar-refractivity contribution in [1.29, 1.82) is 0 Å². The fraction of sp³-hybridized carbons (Fsp3) is 0.273. The third-order valence-corrected chi connectivity index (χ3v) is 3.20. The minimum absolute atomic E-state index is 0.110. The second kappa shape index (κ2) is 4.34. The van der Waals surface area contributed by atoms with E-state index in [0.29, 0.717) is 0 Å². The van der Waals surface area contributed by atoms with E-state index in [0.717, 1.165) is 5.56 Å². The average molecular weight is 265 g/mol. The van der Waals surface area contributed by atoms with Crippen LogP contribution in [0.1, 0.15) is 5.56 Å². The SMILES string of the molecule is Cc1ccc(N2C(=O)CN(C)C2=S)c([N+](=O)[O-])c1. The van der Waals surface area contributed by atoms with Crippen molar-refractivity contribution >= 4 is 34.6 Å². The summed E-state index contributed by atoms with van der Waals surface area (Å²) in [5.74, 6) is -0.255. The number of likely N-dealkylation sites (N-methyl/N-ethyl adjacent to an activating group) is 1. The molecule has 1 heterocycles. The summed E-state index contributed by atoms with van der Waals surface area (Å²) in [5, 5.41) is 11.3. The molecular formula is C11H11N3O3S. The Balaban J connectivity index is 2.55. The summed E-state index contributed by atoms with van der Waals surface area (Å²) in [6, 6.07) is 4.71. The molecule has 0 spiro atoms. The topological polar surface area (TPSA) is 66.7 Å². The third-order valence-electron chi connectivity index (χ3n) is 2.71. The number of rotatable bonds is 2. The molecule has 1 aromatic carbocycles. The fourth-order valence-corrected chi connectivity index (χ4v) is 2.09. The number of benzene rings is 1. The molecule has 1 aliphatic rings. The zero-order chi connectivity index (χ0) is 13.4. The maximum atomic E-state index is 11.8. The quantitative estimate of drug-likeness (QED) is 0.460. The van der Waals surface area contributed by atoms with E-state index in [4.69, 9.17) is 12.2 Å². The molecule has 0 unspecified atom stereocenters. The van der Waals surface area contributed by atoms with Crippen molar-refractivity contribution in [2.45, 2.75) is 6.92 Å². The molecular weight excluding hydrogens is 254 g/mol. The number of anilines is 1. The zero-order valence-electron chi connectivity index (χ0n) is 9.91. The summed E-state index contributed by atoms with van der Waals surface area (Å²) in [6.45, 7) is 1.90. The summed E-state index contributed by atoms with van der Waals surface area (Å²) >= 11 is 5.11. The summed E-state index contributed by atoms with van der Waals surface area (Å²) in [5.41, 5.74) is 0.877. The van der Waals surface area contributed by atoms with Gasteiger partial charge in [0, 0.05) is 13.1 Å². The van der Waals surface area contributed by atoms with Gasteiger partial charge in [-0.1, -0.05) is 6.07 Å². The number of aryl methyl sites for hydroxylation is 1. The number of carbonyl (C=O) groups excluding carboxylic acids is 1. The van der Waals surface area contributed by atoms with E-state index in [1.54, 1.807) is 31.0 Å². The van der Waals surface area contributed by atoms with Gasteiger partial charge in [-0.05, 0) is 30.8 Å². The second-order valence-corrected chi connectivity index (χ2v) is 4.48. The normalized spacial score (nSPS) is 15.4. The van der Waals surface area contributed by atoms with E-state index in [1.807, 2.05) is 0 Å². The Labute approximate surface area is 109 Å². The monoisotopic (exact) mass is 265 g/mol. The fourth-order valence-electron chi connectivity index (χ4n) is 1.82. The lowest BCUT2D eigenvalue weighted by Crippen LogP contribution is -2.31. The average Bonchev–Trinajstić information content (AvgIpc) is 2.54. The molecule has 0 radical (unpaired) electrons. The van der Waals surface area contributed by atoms with E-state index < -0.39 is 4.92 Å². The smallest absolute Gasteiger partial charge is 0.293 e. The molecule has 1 aliphatic heterocycles. The Bertz CT molecular complexity index is 558. The Morgan fingerprint density at radius 1 is 1.44 bits per heavy atom. The highest BCUT2D eigenvalue weighted by atomic mass is 32.1. The van der Waals surface area contributed by atoms with Crippen LogP contribution in [0.4, 0.5) is 11.4 Å². The number of amides is 1. The zero-order valence-corrected chi connectivity index (χ0v) is 10.7. The molecule has 94 valence electrons. The van der Waals surface area contributed by atoms with Crippen LogP contribution in [0.3, 0.4) is 0 Å². The highest BCUT2D eigenvalue weighted by Crippen LogP contribution is 2.31. The standard InChI is InChI=1S/C11H11N3O3S/c1-7-3-4-8(9(5-7)14(16)17)13-10(15)6-12(2)11(13)18/h3-5H,6H2,1-2H3. The number of nitro groups is 1. The Morgan fingerprint density at radius 3 is 2.61 bits per heavy atom. The van der Waals surface area contributed by atoms with Crippen molar-refractivity contribution in [3.8, 4) is 0 Å². The van der Waals surface area contributed by atoms with Gasteiger partial charge in [-0.15, -0.1) is 0 Å². The lowest BCUT2D eigenvalue weighted by atomic mass is 10.2. The van der Waals surface area contributed by atoms with Crippen molar-refractivity contribution in [2.24, 2.45) is 0 Å². The van der Waals surface area contributed by atoms with Crippen molar-refractivity contribution in [2.75, 3.05) is 18.5 Å². The van der Waals surface area contributed by atoms with Gasteiger partial charge in [0.25, 0.3) is 11.6 Å². The number of nitro benzene ring substituents is 1. The van der Waals surface area contributed by atoms with Crippen LogP contribution < -0.4 is 4.90 Å². The van der Waals surface area contributed by atoms with Gasteiger partial charge in [-0.25, -0.2) is 4.90 Å². The lowest BCUT2D eigenvalue weighted by molar-refractivity contribution is -0.384. The maximum Gasteiger partial charge on any atom is 0.293 e. The predicted octanol–water partition coefficient (Wildman–Crippen LogP) is 1.47. The first-order valence-electron chi connectivity index (χ1n) is 5.25. The van der Waals surface area contributed by atoms with Crippen LogP contribution in [0.2, 0.25) is 0 Å². The van der Waals surface area contributed by atoms with Crippen LogP contribution in [0.15, 0.2) is 18.2 Å². The third kappa shape index (κ3) is 1.92. The summed E-state index contributed by atoms with van der Waals surface area (Å²) in [6.07, 6.45) is 0. The Kier molecular flexibility index (Phi) is 3.00. The van der Waals surface area contributed by atoms with Crippen molar-refractivity contribution in [1.82, 2.24) is 4.90 Å². The Morgan fingerprint density at radius 2 is 2.11 bits per heavy atom. The summed E-state index contributed by atoms with van der Waals surface area (Å²) < 4.78 is 0. The first kappa shape index (κ1) is 12.4. The Hall–Kier alpha value is -2.02. The molecule has 1 amide bonds. The molecule has 0 aliphatic carbocycles. The molecule has 18 heavy (non-hydrogen) atoms. The minimum Gasteiger partial charge on any atom is -0.342 e. The van der Waals surface area contributed by atoms with Crippen LogP contribution in [0, 0.1) is 17.0 Å². The largest absolute Gasteiger partial charge is 0.342 e. The number of hydrogen-bond donors (Lipinski definition) is 0. The van der Waals surface area contributed by atoms with E-state index in [2.05, 4.69) is 0 Å². The van der Waals surface area contributed by atoms with Crippen LogP contribution in [-0.4, -0.2) is 34.4 Å².